The number of rotatable bonds is 3. The lowest BCUT2D eigenvalue weighted by Gasteiger charge is -2.06. The zero-order chi connectivity index (χ0) is 8.97. The van der Waals surface area contributed by atoms with E-state index in [1.165, 1.54) is 0 Å². The molecule has 1 aromatic rings. The molecule has 0 spiro atoms. The monoisotopic (exact) mass is 165 g/mol. The van der Waals surface area contributed by atoms with Crippen molar-refractivity contribution in [3.05, 3.63) is 29.8 Å². The van der Waals surface area contributed by atoms with Gasteiger partial charge in [0, 0.05) is 6.04 Å². The van der Waals surface area contributed by atoms with Crippen molar-refractivity contribution in [3.8, 4) is 5.75 Å². The van der Waals surface area contributed by atoms with Crippen LogP contribution >= 0.6 is 0 Å². The van der Waals surface area contributed by atoms with Crippen molar-refractivity contribution in [2.45, 2.75) is 19.9 Å². The van der Waals surface area contributed by atoms with Crippen molar-refractivity contribution >= 4 is 0 Å². The zero-order valence-electron chi connectivity index (χ0n) is 7.58. The SMILES string of the molecule is CCOc1ccc(C(C)N)cc1. The molecule has 0 radical (unpaired) electrons. The number of hydrogen-bond donors (Lipinski definition) is 1. The molecular formula is C10H15NO. The Balaban J connectivity index is 2.71. The molecule has 1 unspecified atom stereocenters. The molecule has 0 aromatic heterocycles. The molecule has 0 saturated carbocycles. The first-order chi connectivity index (χ1) is 5.74. The first-order valence-electron chi connectivity index (χ1n) is 4.22. The topological polar surface area (TPSA) is 35.2 Å². The van der Waals surface area contributed by atoms with Gasteiger partial charge in [-0.05, 0) is 31.5 Å². The first-order valence-corrected chi connectivity index (χ1v) is 4.22. The van der Waals surface area contributed by atoms with Gasteiger partial charge >= 0.3 is 0 Å². The van der Waals surface area contributed by atoms with Crippen LogP contribution in [0.15, 0.2) is 24.3 Å². The molecule has 1 atom stereocenters. The fraction of sp³-hybridized carbons (Fsp3) is 0.400. The largest absolute Gasteiger partial charge is 0.494 e. The van der Waals surface area contributed by atoms with E-state index in [0.717, 1.165) is 11.3 Å². The van der Waals surface area contributed by atoms with Crippen molar-refractivity contribution in [1.82, 2.24) is 0 Å². The summed E-state index contributed by atoms with van der Waals surface area (Å²) in [4.78, 5) is 0. The van der Waals surface area contributed by atoms with Gasteiger partial charge in [0.05, 0.1) is 6.61 Å². The standard InChI is InChI=1S/C10H15NO/c1-3-12-10-6-4-9(5-7-10)8(2)11/h4-8H,3,11H2,1-2H3. The Labute approximate surface area is 73.3 Å². The Morgan fingerprint density at radius 3 is 2.33 bits per heavy atom. The summed E-state index contributed by atoms with van der Waals surface area (Å²) in [5.74, 6) is 0.905. The molecule has 0 amide bonds. The molecule has 2 N–H and O–H groups in total. The highest BCUT2D eigenvalue weighted by atomic mass is 16.5. The molecule has 0 aliphatic rings. The molecule has 0 heterocycles. The molecule has 2 heteroatoms. The van der Waals surface area contributed by atoms with Gasteiger partial charge in [0.1, 0.15) is 5.75 Å². The highest BCUT2D eigenvalue weighted by Crippen LogP contribution is 2.15. The van der Waals surface area contributed by atoms with E-state index in [1.54, 1.807) is 0 Å². The second-order valence-corrected chi connectivity index (χ2v) is 2.79. The maximum Gasteiger partial charge on any atom is 0.119 e. The summed E-state index contributed by atoms with van der Waals surface area (Å²) in [7, 11) is 0. The third-order valence-electron chi connectivity index (χ3n) is 1.72. The van der Waals surface area contributed by atoms with Crippen molar-refractivity contribution in [3.63, 3.8) is 0 Å². The minimum atomic E-state index is 0.0978. The van der Waals surface area contributed by atoms with E-state index < -0.39 is 0 Å². The minimum Gasteiger partial charge on any atom is -0.494 e. The fourth-order valence-electron chi connectivity index (χ4n) is 1.03. The number of ether oxygens (including phenoxy) is 1. The summed E-state index contributed by atoms with van der Waals surface area (Å²) in [6.07, 6.45) is 0. The third-order valence-corrected chi connectivity index (χ3v) is 1.72. The van der Waals surface area contributed by atoms with Crippen LogP contribution in [-0.4, -0.2) is 6.61 Å². The Hall–Kier alpha value is -1.02. The average Bonchev–Trinajstić information content (AvgIpc) is 2.06. The molecule has 0 aliphatic heterocycles. The van der Waals surface area contributed by atoms with E-state index in [1.807, 2.05) is 38.1 Å². The quantitative estimate of drug-likeness (QED) is 0.744. The van der Waals surface area contributed by atoms with Crippen molar-refractivity contribution in [2.75, 3.05) is 6.61 Å². The van der Waals surface area contributed by atoms with Gasteiger partial charge in [-0.2, -0.15) is 0 Å². The third kappa shape index (κ3) is 2.24. The summed E-state index contributed by atoms with van der Waals surface area (Å²) >= 11 is 0. The Morgan fingerprint density at radius 1 is 1.33 bits per heavy atom. The minimum absolute atomic E-state index is 0.0978. The summed E-state index contributed by atoms with van der Waals surface area (Å²) < 4.78 is 5.30. The van der Waals surface area contributed by atoms with E-state index in [0.29, 0.717) is 6.61 Å². The number of benzene rings is 1. The zero-order valence-corrected chi connectivity index (χ0v) is 7.58. The van der Waals surface area contributed by atoms with E-state index in [2.05, 4.69) is 0 Å². The van der Waals surface area contributed by atoms with Crippen LogP contribution in [-0.2, 0) is 0 Å². The predicted octanol–water partition coefficient (Wildman–Crippen LogP) is 2.10. The average molecular weight is 165 g/mol. The lowest BCUT2D eigenvalue weighted by Crippen LogP contribution is -2.04. The van der Waals surface area contributed by atoms with E-state index in [4.69, 9.17) is 10.5 Å². The highest BCUT2D eigenvalue weighted by Gasteiger charge is 1.98. The van der Waals surface area contributed by atoms with E-state index >= 15 is 0 Å². The normalized spacial score (nSPS) is 12.6. The Morgan fingerprint density at radius 2 is 1.92 bits per heavy atom. The van der Waals surface area contributed by atoms with Crippen molar-refractivity contribution in [2.24, 2.45) is 5.73 Å². The summed E-state index contributed by atoms with van der Waals surface area (Å²) in [6.45, 7) is 4.65. The van der Waals surface area contributed by atoms with Crippen molar-refractivity contribution in [1.29, 1.82) is 0 Å². The summed E-state index contributed by atoms with van der Waals surface area (Å²) in [5, 5.41) is 0. The van der Waals surface area contributed by atoms with Gasteiger partial charge in [-0.3, -0.25) is 0 Å². The summed E-state index contributed by atoms with van der Waals surface area (Å²) in [5.41, 5.74) is 6.83. The Bertz CT molecular complexity index is 228. The lowest BCUT2D eigenvalue weighted by atomic mass is 10.1. The molecule has 12 heavy (non-hydrogen) atoms. The first kappa shape index (κ1) is 9.07. The van der Waals surface area contributed by atoms with Crippen molar-refractivity contribution < 1.29 is 4.74 Å². The van der Waals surface area contributed by atoms with Crippen LogP contribution in [0, 0.1) is 0 Å². The maximum absolute atomic E-state index is 5.70. The van der Waals surface area contributed by atoms with Gasteiger partial charge in [-0.1, -0.05) is 12.1 Å². The van der Waals surface area contributed by atoms with E-state index in [9.17, 15) is 0 Å². The van der Waals surface area contributed by atoms with Crippen LogP contribution < -0.4 is 10.5 Å². The highest BCUT2D eigenvalue weighted by molar-refractivity contribution is 5.28. The number of hydrogen-bond acceptors (Lipinski definition) is 2. The van der Waals surface area contributed by atoms with Crippen LogP contribution in [0.5, 0.6) is 5.75 Å². The summed E-state index contributed by atoms with van der Waals surface area (Å²) in [6, 6.07) is 7.98. The smallest absolute Gasteiger partial charge is 0.119 e. The van der Waals surface area contributed by atoms with Gasteiger partial charge in [0.2, 0.25) is 0 Å². The van der Waals surface area contributed by atoms with Crippen LogP contribution in [0.25, 0.3) is 0 Å². The second-order valence-electron chi connectivity index (χ2n) is 2.79. The van der Waals surface area contributed by atoms with Crippen LogP contribution in [0.2, 0.25) is 0 Å². The van der Waals surface area contributed by atoms with Crippen LogP contribution in [0.4, 0.5) is 0 Å². The van der Waals surface area contributed by atoms with Gasteiger partial charge in [-0.25, -0.2) is 0 Å². The van der Waals surface area contributed by atoms with Gasteiger partial charge in [0.15, 0.2) is 0 Å². The van der Waals surface area contributed by atoms with Crippen LogP contribution in [0.3, 0.4) is 0 Å². The van der Waals surface area contributed by atoms with E-state index in [-0.39, 0.29) is 6.04 Å². The molecule has 0 saturated heterocycles. The Kier molecular flexibility index (Phi) is 3.11. The molecule has 2 nitrogen and oxygen atoms in total. The predicted molar refractivity (Wildman–Crippen MR) is 50.2 cm³/mol. The molecule has 0 fully saturated rings. The maximum atomic E-state index is 5.70. The molecule has 1 aromatic carbocycles. The van der Waals surface area contributed by atoms with Gasteiger partial charge in [-0.15, -0.1) is 0 Å². The van der Waals surface area contributed by atoms with Gasteiger partial charge in [0.25, 0.3) is 0 Å². The second kappa shape index (κ2) is 4.12. The molecule has 66 valence electrons. The molecule has 1 rings (SSSR count). The molecular weight excluding hydrogens is 150 g/mol. The molecule has 0 aliphatic carbocycles. The molecule has 0 bridgehead atoms. The fourth-order valence-corrected chi connectivity index (χ4v) is 1.03. The van der Waals surface area contributed by atoms with Gasteiger partial charge < -0.3 is 10.5 Å². The van der Waals surface area contributed by atoms with Crippen LogP contribution in [0.1, 0.15) is 25.5 Å². The lowest BCUT2D eigenvalue weighted by molar-refractivity contribution is 0.340. The number of nitrogens with two attached hydrogens (primary N) is 1.